The Morgan fingerprint density at radius 2 is 1.82 bits per heavy atom. The normalized spacial score (nSPS) is 21.7. The lowest BCUT2D eigenvalue weighted by Gasteiger charge is -2.27. The van der Waals surface area contributed by atoms with E-state index in [0.717, 1.165) is 21.2 Å². The zero-order valence-electron chi connectivity index (χ0n) is 15.5. The molecule has 1 unspecified atom stereocenters. The van der Waals surface area contributed by atoms with E-state index < -0.39 is 6.10 Å². The van der Waals surface area contributed by atoms with E-state index in [1.165, 1.54) is 9.60 Å². The Morgan fingerprint density at radius 3 is 2.57 bits per heavy atom. The minimum Gasteiger partial charge on any atom is -0.507 e. The van der Waals surface area contributed by atoms with Gasteiger partial charge in [0.1, 0.15) is 23.6 Å². The van der Waals surface area contributed by atoms with Crippen LogP contribution in [0.1, 0.15) is 5.01 Å². The van der Waals surface area contributed by atoms with Crippen LogP contribution in [0, 0.1) is 0 Å². The van der Waals surface area contributed by atoms with Crippen molar-refractivity contribution in [1.29, 1.82) is 0 Å². The molecule has 1 atom stereocenters. The summed E-state index contributed by atoms with van der Waals surface area (Å²) in [6.07, 6.45) is 2.98. The first-order valence-corrected chi connectivity index (χ1v) is 10.6. The molecule has 0 saturated heterocycles. The summed E-state index contributed by atoms with van der Waals surface area (Å²) in [5, 5.41) is 23.3. The first-order valence-electron chi connectivity index (χ1n) is 8.97. The number of nitrogens with zero attached hydrogens (tertiary/aromatic N) is 2. The van der Waals surface area contributed by atoms with Gasteiger partial charge in [-0.3, -0.25) is 0 Å². The Hall–Kier alpha value is -2.54. The molecule has 1 aromatic heterocycles. The number of aromatic nitrogens is 1. The van der Waals surface area contributed by atoms with E-state index in [1.54, 1.807) is 23.1 Å². The van der Waals surface area contributed by atoms with Gasteiger partial charge in [-0.05, 0) is 24.3 Å². The zero-order valence-corrected chi connectivity index (χ0v) is 17.1. The highest BCUT2D eigenvalue weighted by Gasteiger charge is 2.35. The average Bonchev–Trinajstić information content (AvgIpc) is 3.21. The zero-order chi connectivity index (χ0) is 19.4. The van der Waals surface area contributed by atoms with Gasteiger partial charge in [-0.25, -0.2) is 0 Å². The van der Waals surface area contributed by atoms with Crippen LogP contribution in [0.5, 0.6) is 0 Å². The van der Waals surface area contributed by atoms with Gasteiger partial charge in [0, 0.05) is 35.2 Å². The summed E-state index contributed by atoms with van der Waals surface area (Å²) in [6, 6.07) is 16.4. The van der Waals surface area contributed by atoms with E-state index >= 15 is 0 Å². The third kappa shape index (κ3) is 2.60. The van der Waals surface area contributed by atoms with Crippen molar-refractivity contribution in [3.05, 3.63) is 81.5 Å². The summed E-state index contributed by atoms with van der Waals surface area (Å²) in [6.45, 7) is 0. The molecular weight excluding hydrogens is 388 g/mol. The maximum absolute atomic E-state index is 10.7. The lowest BCUT2D eigenvalue weighted by molar-refractivity contribution is -0.642. The Balaban J connectivity index is 1.49. The van der Waals surface area contributed by atoms with Crippen molar-refractivity contribution >= 4 is 45.1 Å². The van der Waals surface area contributed by atoms with Crippen molar-refractivity contribution in [2.75, 3.05) is 11.9 Å². The molecule has 3 aromatic rings. The van der Waals surface area contributed by atoms with Crippen molar-refractivity contribution in [2.45, 2.75) is 11.0 Å². The quantitative estimate of drug-likeness (QED) is 0.619. The van der Waals surface area contributed by atoms with E-state index in [-0.39, 0.29) is 5.76 Å². The SMILES string of the molecule is CN1C(=CC2=C(O)C(=Cc3sc4ccccc4[n+]3C)C2O)Sc2ccccc21. The topological polar surface area (TPSA) is 47.6 Å². The molecule has 1 aliphatic heterocycles. The Bertz CT molecular complexity index is 1210. The fourth-order valence-corrected chi connectivity index (χ4v) is 5.77. The molecule has 0 amide bonds. The fraction of sp³-hybridized carbons (Fsp3) is 0.136. The van der Waals surface area contributed by atoms with Gasteiger partial charge < -0.3 is 15.1 Å². The van der Waals surface area contributed by atoms with E-state index in [1.807, 2.05) is 50.5 Å². The van der Waals surface area contributed by atoms with Gasteiger partial charge in [-0.2, -0.15) is 4.57 Å². The number of anilines is 1. The highest BCUT2D eigenvalue weighted by Crippen LogP contribution is 2.47. The summed E-state index contributed by atoms with van der Waals surface area (Å²) in [5.74, 6) is 0.169. The molecule has 1 aliphatic carbocycles. The smallest absolute Gasteiger partial charge is 0.263 e. The van der Waals surface area contributed by atoms with Crippen LogP contribution in [-0.4, -0.2) is 23.4 Å². The van der Waals surface area contributed by atoms with Crippen molar-refractivity contribution in [3.8, 4) is 0 Å². The number of aliphatic hydroxyl groups is 2. The molecule has 2 aromatic carbocycles. The van der Waals surface area contributed by atoms with Crippen molar-refractivity contribution in [2.24, 2.45) is 7.05 Å². The minimum absolute atomic E-state index is 0.169. The second-order valence-electron chi connectivity index (χ2n) is 6.88. The monoisotopic (exact) mass is 407 g/mol. The third-order valence-corrected chi connectivity index (χ3v) is 7.57. The summed E-state index contributed by atoms with van der Waals surface area (Å²) in [7, 11) is 4.00. The second kappa shape index (κ2) is 6.51. The predicted octanol–water partition coefficient (Wildman–Crippen LogP) is 4.38. The Morgan fingerprint density at radius 1 is 1.07 bits per heavy atom. The Labute approximate surface area is 171 Å². The maximum atomic E-state index is 10.7. The van der Waals surface area contributed by atoms with E-state index in [2.05, 4.69) is 33.7 Å². The Kier molecular flexibility index (Phi) is 4.08. The number of thioether (sulfide) groups is 1. The van der Waals surface area contributed by atoms with Gasteiger partial charge in [0.15, 0.2) is 0 Å². The van der Waals surface area contributed by atoms with Gasteiger partial charge in [0.05, 0.1) is 10.7 Å². The standard InChI is InChI=1S/C22H18N2O2S2/c1-23-15-7-3-5-9-17(15)27-19(23)11-13-21(25)14(22(13)26)12-20-24(2)16-8-4-6-10-18(16)28-20/h3-12,21,25H,1-2H3/p+1. The minimum atomic E-state index is -0.782. The average molecular weight is 408 g/mol. The number of hydrogen-bond donors (Lipinski definition) is 2. The molecule has 4 nitrogen and oxygen atoms in total. The first kappa shape index (κ1) is 17.6. The van der Waals surface area contributed by atoms with Gasteiger partial charge in [-0.1, -0.05) is 47.4 Å². The molecule has 0 fully saturated rings. The summed E-state index contributed by atoms with van der Waals surface area (Å²) < 4.78 is 3.26. The van der Waals surface area contributed by atoms with Gasteiger partial charge in [0.25, 0.3) is 5.01 Å². The van der Waals surface area contributed by atoms with Crippen LogP contribution in [0.25, 0.3) is 16.3 Å². The number of aryl methyl sites for hydroxylation is 1. The van der Waals surface area contributed by atoms with Crippen molar-refractivity contribution < 1.29 is 14.8 Å². The van der Waals surface area contributed by atoms with E-state index in [9.17, 15) is 10.2 Å². The number of fused-ring (bicyclic) bond motifs is 2. The van der Waals surface area contributed by atoms with Crippen LogP contribution in [0.15, 0.2) is 81.4 Å². The van der Waals surface area contributed by atoms with Crippen LogP contribution in [0.4, 0.5) is 5.69 Å². The van der Waals surface area contributed by atoms with Crippen LogP contribution in [0.2, 0.25) is 0 Å². The van der Waals surface area contributed by atoms with Gasteiger partial charge >= 0.3 is 0 Å². The number of para-hydroxylation sites is 2. The maximum Gasteiger partial charge on any atom is 0.263 e. The molecule has 28 heavy (non-hydrogen) atoms. The molecule has 0 saturated carbocycles. The number of rotatable bonds is 2. The molecule has 0 bridgehead atoms. The molecule has 140 valence electrons. The highest BCUT2D eigenvalue weighted by molar-refractivity contribution is 8.03. The van der Waals surface area contributed by atoms with Crippen LogP contribution >= 0.6 is 23.1 Å². The lowest BCUT2D eigenvalue weighted by atomic mass is 9.86. The summed E-state index contributed by atoms with van der Waals surface area (Å²) in [5.41, 5.74) is 3.41. The summed E-state index contributed by atoms with van der Waals surface area (Å²) in [4.78, 5) is 3.26. The summed E-state index contributed by atoms with van der Waals surface area (Å²) >= 11 is 3.29. The number of thiazole rings is 1. The molecule has 2 N–H and O–H groups in total. The van der Waals surface area contributed by atoms with Crippen molar-refractivity contribution in [3.63, 3.8) is 0 Å². The largest absolute Gasteiger partial charge is 0.507 e. The van der Waals surface area contributed by atoms with Gasteiger partial charge in [-0.15, -0.1) is 0 Å². The third-order valence-electron chi connectivity index (χ3n) is 5.24. The number of aliphatic hydroxyl groups excluding tert-OH is 2. The van der Waals surface area contributed by atoms with Crippen LogP contribution in [-0.2, 0) is 7.05 Å². The van der Waals surface area contributed by atoms with Crippen LogP contribution in [0.3, 0.4) is 0 Å². The first-order chi connectivity index (χ1) is 13.5. The molecule has 6 heteroatoms. The molecule has 5 rings (SSSR count). The molecule has 2 aliphatic rings. The molecule has 2 heterocycles. The van der Waals surface area contributed by atoms with E-state index in [0.29, 0.717) is 11.1 Å². The second-order valence-corrected chi connectivity index (χ2v) is 9.01. The van der Waals surface area contributed by atoms with Crippen molar-refractivity contribution in [1.82, 2.24) is 0 Å². The molecular formula is C22H19N2O2S2+. The van der Waals surface area contributed by atoms with E-state index in [4.69, 9.17) is 0 Å². The number of benzene rings is 2. The number of hydrogen-bond acceptors (Lipinski definition) is 5. The fourth-order valence-electron chi connectivity index (χ4n) is 3.57. The highest BCUT2D eigenvalue weighted by atomic mass is 32.2. The van der Waals surface area contributed by atoms with Crippen LogP contribution < -0.4 is 9.47 Å². The molecule has 0 spiro atoms. The van der Waals surface area contributed by atoms with Gasteiger partial charge in [0.2, 0.25) is 5.52 Å². The molecule has 0 radical (unpaired) electrons. The predicted molar refractivity (Wildman–Crippen MR) is 115 cm³/mol. The lowest BCUT2D eigenvalue weighted by Crippen LogP contribution is -2.31.